The van der Waals surface area contributed by atoms with Crippen LogP contribution in [0.25, 0.3) is 0 Å². The van der Waals surface area contributed by atoms with E-state index in [1.807, 2.05) is 7.05 Å². The second kappa shape index (κ2) is 14.3. The summed E-state index contributed by atoms with van der Waals surface area (Å²) in [6.45, 7) is 11.4. The van der Waals surface area contributed by atoms with Crippen LogP contribution in [-0.2, 0) is 11.3 Å². The molecule has 1 unspecified atom stereocenters. The largest absolute Gasteiger partial charge is 0.378 e. The maximum atomic E-state index is 5.51. The fourth-order valence-electron chi connectivity index (χ4n) is 4.16. The van der Waals surface area contributed by atoms with Crippen LogP contribution in [0.4, 0.5) is 5.69 Å². The molecule has 2 aromatic rings. The number of anilines is 1. The number of hydrogen-bond donors (Lipinski definition) is 2. The lowest BCUT2D eigenvalue weighted by molar-refractivity contribution is 0.122. The third-order valence-electron chi connectivity index (χ3n) is 5.91. The van der Waals surface area contributed by atoms with Crippen LogP contribution in [0.1, 0.15) is 31.0 Å². The molecule has 1 atom stereocenters. The van der Waals surface area contributed by atoms with Crippen LogP contribution in [0.5, 0.6) is 0 Å². The van der Waals surface area contributed by atoms with Crippen molar-refractivity contribution < 1.29 is 4.74 Å². The number of nitrogens with one attached hydrogen (secondary N) is 2. The number of hydrogen-bond acceptors (Lipinski definition) is 4. The Morgan fingerprint density at radius 2 is 1.66 bits per heavy atom. The highest BCUT2D eigenvalue weighted by Gasteiger charge is 2.18. The van der Waals surface area contributed by atoms with Gasteiger partial charge in [-0.2, -0.15) is 0 Å². The monoisotopic (exact) mass is 551 g/mol. The summed E-state index contributed by atoms with van der Waals surface area (Å²) in [6.07, 6.45) is 0. The smallest absolute Gasteiger partial charge is 0.191 e. The van der Waals surface area contributed by atoms with Gasteiger partial charge in [-0.1, -0.05) is 62.4 Å². The van der Waals surface area contributed by atoms with Gasteiger partial charge in [-0.3, -0.25) is 9.89 Å². The van der Waals surface area contributed by atoms with Crippen molar-refractivity contribution in [2.45, 2.75) is 26.4 Å². The van der Waals surface area contributed by atoms with E-state index in [1.54, 1.807) is 0 Å². The molecule has 6 nitrogen and oxygen atoms in total. The number of nitrogens with zero attached hydrogens (tertiary/aromatic N) is 3. The van der Waals surface area contributed by atoms with Crippen molar-refractivity contribution in [1.82, 2.24) is 15.5 Å². The molecule has 7 heteroatoms. The van der Waals surface area contributed by atoms with Crippen molar-refractivity contribution in [2.24, 2.45) is 4.99 Å². The summed E-state index contributed by atoms with van der Waals surface area (Å²) >= 11 is 0. The van der Waals surface area contributed by atoms with Crippen molar-refractivity contribution >= 4 is 35.6 Å². The van der Waals surface area contributed by atoms with Crippen molar-refractivity contribution in [3.63, 3.8) is 0 Å². The van der Waals surface area contributed by atoms with Crippen LogP contribution < -0.4 is 15.5 Å². The van der Waals surface area contributed by atoms with E-state index >= 15 is 0 Å². The van der Waals surface area contributed by atoms with Gasteiger partial charge in [0, 0.05) is 38.9 Å². The van der Waals surface area contributed by atoms with Gasteiger partial charge in [0.1, 0.15) is 0 Å². The maximum Gasteiger partial charge on any atom is 0.191 e. The van der Waals surface area contributed by atoms with Crippen molar-refractivity contribution in [2.75, 3.05) is 57.9 Å². The number of para-hydroxylation sites is 1. The highest BCUT2D eigenvalue weighted by molar-refractivity contribution is 14.0. The Hall–Kier alpha value is -1.84. The molecule has 1 aliphatic heterocycles. The first-order valence-electron chi connectivity index (χ1n) is 11.4. The minimum atomic E-state index is 0. The van der Waals surface area contributed by atoms with Crippen LogP contribution >= 0.6 is 24.0 Å². The molecular weight excluding hydrogens is 513 g/mol. The lowest BCUT2D eigenvalue weighted by Crippen LogP contribution is -2.43. The highest BCUT2D eigenvalue weighted by Crippen LogP contribution is 2.22. The Morgan fingerprint density at radius 1 is 1.00 bits per heavy atom. The van der Waals surface area contributed by atoms with Gasteiger partial charge >= 0.3 is 0 Å². The Morgan fingerprint density at radius 3 is 2.31 bits per heavy atom. The molecule has 1 aliphatic rings. The molecule has 3 rings (SSSR count). The highest BCUT2D eigenvalue weighted by atomic mass is 127. The van der Waals surface area contributed by atoms with Gasteiger partial charge in [0.15, 0.2) is 5.96 Å². The zero-order valence-corrected chi connectivity index (χ0v) is 21.9. The van der Waals surface area contributed by atoms with E-state index < -0.39 is 0 Å². The molecule has 0 radical (unpaired) electrons. The molecule has 176 valence electrons. The maximum absolute atomic E-state index is 5.51. The zero-order chi connectivity index (χ0) is 21.9. The zero-order valence-electron chi connectivity index (χ0n) is 19.6. The van der Waals surface area contributed by atoms with Crippen molar-refractivity contribution in [3.05, 3.63) is 65.7 Å². The van der Waals surface area contributed by atoms with E-state index in [2.05, 4.69) is 93.9 Å². The predicted octanol–water partition coefficient (Wildman–Crippen LogP) is 3.89. The van der Waals surface area contributed by atoms with E-state index in [0.717, 1.165) is 58.4 Å². The minimum Gasteiger partial charge on any atom is -0.378 e. The van der Waals surface area contributed by atoms with Gasteiger partial charge in [0.2, 0.25) is 0 Å². The Balaban J connectivity index is 0.00000363. The number of guanidine groups is 1. The molecule has 0 aliphatic carbocycles. The van der Waals surface area contributed by atoms with Gasteiger partial charge in [-0.15, -0.1) is 24.0 Å². The summed E-state index contributed by atoms with van der Waals surface area (Å²) in [4.78, 5) is 9.35. The summed E-state index contributed by atoms with van der Waals surface area (Å²) in [5.74, 6) is 0.824. The molecule has 0 bridgehead atoms. The van der Waals surface area contributed by atoms with Crippen LogP contribution in [0, 0.1) is 0 Å². The molecule has 1 fully saturated rings. The normalized spacial score (nSPS) is 15.2. The van der Waals surface area contributed by atoms with Gasteiger partial charge in [0.25, 0.3) is 0 Å². The van der Waals surface area contributed by atoms with Gasteiger partial charge in [0.05, 0.1) is 19.3 Å². The van der Waals surface area contributed by atoms with Crippen molar-refractivity contribution in [3.8, 4) is 0 Å². The fourth-order valence-corrected chi connectivity index (χ4v) is 4.16. The van der Waals surface area contributed by atoms with Crippen LogP contribution in [0.3, 0.4) is 0 Å². The molecule has 0 saturated carbocycles. The number of likely N-dealkylation sites (N-methyl/N-ethyl adjacent to an activating group) is 1. The van der Waals surface area contributed by atoms with E-state index in [9.17, 15) is 0 Å². The molecule has 0 aromatic heterocycles. The molecule has 32 heavy (non-hydrogen) atoms. The summed E-state index contributed by atoms with van der Waals surface area (Å²) in [6, 6.07) is 19.6. The molecule has 2 N–H and O–H groups in total. The third-order valence-corrected chi connectivity index (χ3v) is 5.91. The van der Waals surface area contributed by atoms with E-state index in [4.69, 9.17) is 4.74 Å². The number of rotatable bonds is 9. The molecule has 1 saturated heterocycles. The summed E-state index contributed by atoms with van der Waals surface area (Å²) in [7, 11) is 1.83. The molecule has 2 aromatic carbocycles. The first-order chi connectivity index (χ1) is 15.3. The minimum absolute atomic E-state index is 0. The van der Waals surface area contributed by atoms with Crippen LogP contribution in [0.15, 0.2) is 59.6 Å². The molecule has 0 spiro atoms. The summed E-state index contributed by atoms with van der Waals surface area (Å²) < 4.78 is 5.51. The molecular formula is C25H38IN5O. The average molecular weight is 552 g/mol. The lowest BCUT2D eigenvalue weighted by atomic mass is 10.1. The fraction of sp³-hybridized carbons (Fsp3) is 0.480. The Kier molecular flexibility index (Phi) is 11.8. The number of aliphatic imine (C=N–C) groups is 1. The van der Waals surface area contributed by atoms with Gasteiger partial charge in [-0.25, -0.2) is 0 Å². The molecule has 1 heterocycles. The lowest BCUT2D eigenvalue weighted by Gasteiger charge is -2.31. The average Bonchev–Trinajstić information content (AvgIpc) is 2.84. The Bertz CT molecular complexity index is 807. The van der Waals surface area contributed by atoms with Crippen LogP contribution in [-0.4, -0.2) is 63.8 Å². The van der Waals surface area contributed by atoms with Crippen molar-refractivity contribution in [1.29, 1.82) is 0 Å². The van der Waals surface area contributed by atoms with E-state index in [0.29, 0.717) is 6.04 Å². The Labute approximate surface area is 210 Å². The standard InChI is InChI=1S/C25H37N5O.HI/c1-4-29(5-2)24(21-11-7-6-8-12-21)20-28-25(26-3)27-19-22-13-9-10-14-23(22)30-15-17-31-18-16-30;/h6-14,24H,4-5,15-20H2,1-3H3,(H2,26,27,28);1H. The number of halogens is 1. The summed E-state index contributed by atoms with van der Waals surface area (Å²) in [5.41, 5.74) is 3.88. The third kappa shape index (κ3) is 7.35. The van der Waals surface area contributed by atoms with Crippen LogP contribution in [0.2, 0.25) is 0 Å². The summed E-state index contributed by atoms with van der Waals surface area (Å²) in [5, 5.41) is 7.06. The first-order valence-corrected chi connectivity index (χ1v) is 11.4. The topological polar surface area (TPSA) is 52.1 Å². The SMILES string of the molecule is CCN(CC)C(CNC(=NC)NCc1ccccc1N1CCOCC1)c1ccccc1.I. The quantitative estimate of drug-likeness (QED) is 0.282. The predicted molar refractivity (Wildman–Crippen MR) is 145 cm³/mol. The van der Waals surface area contributed by atoms with Gasteiger partial charge < -0.3 is 20.3 Å². The molecule has 0 amide bonds. The number of morpholine rings is 1. The number of ether oxygens (including phenoxy) is 1. The first kappa shape index (κ1) is 26.4. The second-order valence-electron chi connectivity index (χ2n) is 7.68. The van der Waals surface area contributed by atoms with Gasteiger partial charge in [-0.05, 0) is 30.3 Å². The van der Waals surface area contributed by atoms with E-state index in [1.165, 1.54) is 16.8 Å². The number of benzene rings is 2. The van der Waals surface area contributed by atoms with E-state index in [-0.39, 0.29) is 24.0 Å². The second-order valence-corrected chi connectivity index (χ2v) is 7.68.